The Morgan fingerprint density at radius 1 is 0.914 bits per heavy atom. The molecule has 2 saturated heterocycles. The van der Waals surface area contributed by atoms with Gasteiger partial charge in [-0.3, -0.25) is 0 Å². The third kappa shape index (κ3) is 5.32. The summed E-state index contributed by atoms with van der Waals surface area (Å²) in [5.74, 6) is 2.67. The van der Waals surface area contributed by atoms with Crippen LogP contribution in [0.25, 0.3) is 21.3 Å². The molecule has 2 aliphatic heterocycles. The number of hydrogen-bond donors (Lipinski definition) is 2. The molecule has 6 rings (SSSR count). The summed E-state index contributed by atoms with van der Waals surface area (Å²) in [6.45, 7) is 7.73. The lowest BCUT2D eigenvalue weighted by Crippen LogP contribution is -2.42. The fraction of sp³-hybridized carbons (Fsp3) is 0.571. The maximum atomic E-state index is 5.14. The number of hydrogen-bond acceptors (Lipinski definition) is 7. The van der Waals surface area contributed by atoms with Crippen molar-refractivity contribution in [1.82, 2.24) is 20.2 Å². The Balaban J connectivity index is 1.22. The Labute approximate surface area is 213 Å². The predicted octanol–water partition coefficient (Wildman–Crippen LogP) is 5.22. The highest BCUT2D eigenvalue weighted by Crippen LogP contribution is 2.40. The minimum Gasteiger partial charge on any atom is -0.356 e. The van der Waals surface area contributed by atoms with Crippen molar-refractivity contribution in [1.29, 1.82) is 0 Å². The largest absolute Gasteiger partial charge is 0.356 e. The van der Waals surface area contributed by atoms with E-state index in [1.54, 1.807) is 11.3 Å². The smallest absolute Gasteiger partial charge is 0.226 e. The van der Waals surface area contributed by atoms with Gasteiger partial charge in [-0.2, -0.15) is 4.98 Å². The Kier molecular flexibility index (Phi) is 7.16. The molecular weight excluding hydrogens is 452 g/mol. The van der Waals surface area contributed by atoms with Gasteiger partial charge in [-0.05, 0) is 69.6 Å². The van der Waals surface area contributed by atoms with Crippen LogP contribution in [0.3, 0.4) is 0 Å². The van der Waals surface area contributed by atoms with E-state index in [0.717, 1.165) is 54.7 Å². The number of benzene rings is 1. The molecule has 0 atom stereocenters. The first-order chi connectivity index (χ1) is 17.3. The molecular formula is C28H38N6S. The molecule has 0 radical (unpaired) electrons. The molecule has 3 fully saturated rings. The molecule has 3 aliphatic rings. The van der Waals surface area contributed by atoms with Gasteiger partial charge in [0.25, 0.3) is 0 Å². The SMILES string of the molecule is c1ccc(-c2csc3nc(NCCN4CCCC4)nc(N4CCC(CNC5CCC5)CC4)c23)cc1. The second-order valence-corrected chi connectivity index (χ2v) is 11.4. The zero-order chi connectivity index (χ0) is 23.5. The summed E-state index contributed by atoms with van der Waals surface area (Å²) in [7, 11) is 0. The normalized spacial score (nSPS) is 19.9. The van der Waals surface area contributed by atoms with Crippen LogP contribution >= 0.6 is 11.3 Å². The van der Waals surface area contributed by atoms with Crippen molar-refractivity contribution in [2.24, 2.45) is 5.92 Å². The molecule has 35 heavy (non-hydrogen) atoms. The van der Waals surface area contributed by atoms with Gasteiger partial charge in [-0.25, -0.2) is 4.98 Å². The summed E-state index contributed by atoms with van der Waals surface area (Å²) < 4.78 is 0. The lowest BCUT2D eigenvalue weighted by atomic mass is 9.91. The number of nitrogens with zero attached hydrogens (tertiary/aromatic N) is 4. The highest BCUT2D eigenvalue weighted by molar-refractivity contribution is 7.17. The Bertz CT molecular complexity index is 1100. The number of nitrogens with one attached hydrogen (secondary N) is 2. The summed E-state index contributed by atoms with van der Waals surface area (Å²) in [4.78, 5) is 16.3. The van der Waals surface area contributed by atoms with Crippen LogP contribution in [0.1, 0.15) is 44.9 Å². The van der Waals surface area contributed by atoms with Gasteiger partial charge in [0.05, 0.1) is 5.39 Å². The predicted molar refractivity (Wildman–Crippen MR) is 148 cm³/mol. The molecule has 0 bridgehead atoms. The zero-order valence-corrected chi connectivity index (χ0v) is 21.5. The molecule has 1 saturated carbocycles. The summed E-state index contributed by atoms with van der Waals surface area (Å²) >= 11 is 1.74. The van der Waals surface area contributed by atoms with Gasteiger partial charge >= 0.3 is 0 Å². The zero-order valence-electron chi connectivity index (χ0n) is 20.7. The Morgan fingerprint density at radius 2 is 1.71 bits per heavy atom. The van der Waals surface area contributed by atoms with Crippen LogP contribution in [0, 0.1) is 5.92 Å². The average molecular weight is 491 g/mol. The van der Waals surface area contributed by atoms with Gasteiger partial charge in [0.2, 0.25) is 5.95 Å². The van der Waals surface area contributed by atoms with E-state index in [1.165, 1.54) is 81.1 Å². The van der Waals surface area contributed by atoms with E-state index < -0.39 is 0 Å². The molecule has 0 unspecified atom stereocenters. The lowest BCUT2D eigenvalue weighted by Gasteiger charge is -2.35. The van der Waals surface area contributed by atoms with Crippen molar-refractivity contribution >= 4 is 33.3 Å². The molecule has 6 nitrogen and oxygen atoms in total. The molecule has 186 valence electrons. The lowest BCUT2D eigenvalue weighted by molar-refractivity contribution is 0.295. The molecule has 2 N–H and O–H groups in total. The molecule has 0 amide bonds. The van der Waals surface area contributed by atoms with Crippen molar-refractivity contribution < 1.29 is 0 Å². The average Bonchev–Trinajstić information content (AvgIpc) is 3.54. The van der Waals surface area contributed by atoms with Crippen LogP contribution in [0.5, 0.6) is 0 Å². The van der Waals surface area contributed by atoms with Crippen LogP contribution in [-0.4, -0.2) is 66.7 Å². The topological polar surface area (TPSA) is 56.3 Å². The van der Waals surface area contributed by atoms with E-state index in [-0.39, 0.29) is 0 Å². The van der Waals surface area contributed by atoms with Crippen molar-refractivity contribution in [2.45, 2.75) is 51.0 Å². The summed E-state index contributed by atoms with van der Waals surface area (Å²) in [6, 6.07) is 11.5. The standard InChI is InChI=1S/C28H38N6S/c1-2-7-22(8-3-1)24-20-35-27-25(24)26(31-28(32-27)29-13-18-33-14-4-5-15-33)34-16-11-21(12-17-34)19-30-23-9-6-10-23/h1-3,7-8,20-21,23,30H,4-6,9-19H2,(H,29,31,32). The molecule has 4 heterocycles. The summed E-state index contributed by atoms with van der Waals surface area (Å²) in [5, 5.41) is 10.8. The fourth-order valence-corrected chi connectivity index (χ4v) is 6.63. The summed E-state index contributed by atoms with van der Waals surface area (Å²) in [6.07, 6.45) is 9.25. The second kappa shape index (κ2) is 10.8. The van der Waals surface area contributed by atoms with Crippen molar-refractivity contribution in [3.8, 4) is 11.1 Å². The van der Waals surface area contributed by atoms with Crippen LogP contribution in [0.4, 0.5) is 11.8 Å². The fourth-order valence-electron chi connectivity index (χ4n) is 5.69. The van der Waals surface area contributed by atoms with Gasteiger partial charge in [0.15, 0.2) is 0 Å². The van der Waals surface area contributed by atoms with E-state index >= 15 is 0 Å². The molecule has 3 aromatic rings. The number of aromatic nitrogens is 2. The molecule has 2 aromatic heterocycles. The van der Waals surface area contributed by atoms with Gasteiger partial charge in [0, 0.05) is 43.2 Å². The number of fused-ring (bicyclic) bond motifs is 1. The monoisotopic (exact) mass is 490 g/mol. The summed E-state index contributed by atoms with van der Waals surface area (Å²) in [5.41, 5.74) is 2.51. The van der Waals surface area contributed by atoms with E-state index in [1.807, 2.05) is 0 Å². The van der Waals surface area contributed by atoms with Crippen molar-refractivity contribution in [2.75, 3.05) is 56.0 Å². The number of likely N-dealkylation sites (tertiary alicyclic amines) is 1. The molecule has 0 spiro atoms. The van der Waals surface area contributed by atoms with E-state index in [2.05, 4.69) is 56.1 Å². The van der Waals surface area contributed by atoms with Gasteiger partial charge in [0.1, 0.15) is 10.6 Å². The quantitative estimate of drug-likeness (QED) is 0.429. The van der Waals surface area contributed by atoms with Crippen LogP contribution < -0.4 is 15.5 Å². The van der Waals surface area contributed by atoms with Crippen molar-refractivity contribution in [3.05, 3.63) is 35.7 Å². The Hall–Kier alpha value is -2.22. The highest BCUT2D eigenvalue weighted by atomic mass is 32.1. The van der Waals surface area contributed by atoms with Crippen LogP contribution in [-0.2, 0) is 0 Å². The third-order valence-corrected chi connectivity index (χ3v) is 9.00. The highest BCUT2D eigenvalue weighted by Gasteiger charge is 2.26. The van der Waals surface area contributed by atoms with Gasteiger partial charge in [-0.1, -0.05) is 36.8 Å². The maximum absolute atomic E-state index is 5.14. The van der Waals surface area contributed by atoms with Crippen LogP contribution in [0.15, 0.2) is 35.7 Å². The first-order valence-electron chi connectivity index (χ1n) is 13.6. The molecule has 7 heteroatoms. The maximum Gasteiger partial charge on any atom is 0.226 e. The van der Waals surface area contributed by atoms with Gasteiger partial charge < -0.3 is 20.4 Å². The minimum atomic E-state index is 0.776. The third-order valence-electron chi connectivity index (χ3n) is 8.12. The van der Waals surface area contributed by atoms with Gasteiger partial charge in [-0.15, -0.1) is 11.3 Å². The van der Waals surface area contributed by atoms with Crippen LogP contribution in [0.2, 0.25) is 0 Å². The molecule has 1 aliphatic carbocycles. The first-order valence-corrected chi connectivity index (χ1v) is 14.5. The minimum absolute atomic E-state index is 0.776. The Morgan fingerprint density at radius 3 is 2.46 bits per heavy atom. The number of anilines is 2. The molecule has 1 aromatic carbocycles. The first kappa shape index (κ1) is 23.2. The number of rotatable bonds is 9. The van der Waals surface area contributed by atoms with E-state index in [4.69, 9.17) is 9.97 Å². The van der Waals surface area contributed by atoms with E-state index in [0.29, 0.717) is 0 Å². The second-order valence-electron chi connectivity index (χ2n) is 10.5. The number of thiophene rings is 1. The number of piperidine rings is 1. The van der Waals surface area contributed by atoms with E-state index in [9.17, 15) is 0 Å². The van der Waals surface area contributed by atoms with Crippen molar-refractivity contribution in [3.63, 3.8) is 0 Å².